The summed E-state index contributed by atoms with van der Waals surface area (Å²) in [6.07, 6.45) is 1.31. The zero-order valence-electron chi connectivity index (χ0n) is 18.6. The fraction of sp³-hybridized carbons (Fsp3) is 0.208. The minimum Gasteiger partial charge on any atom is -0.462 e. The molecule has 3 amide bonds. The maximum atomic E-state index is 13.1. The van der Waals surface area contributed by atoms with Gasteiger partial charge >= 0.3 is 5.97 Å². The van der Waals surface area contributed by atoms with Gasteiger partial charge < -0.3 is 10.1 Å². The summed E-state index contributed by atoms with van der Waals surface area (Å²) in [7, 11) is 1.57. The van der Waals surface area contributed by atoms with Gasteiger partial charge in [0.2, 0.25) is 0 Å². The van der Waals surface area contributed by atoms with Crippen LogP contribution in [0.25, 0.3) is 0 Å². The van der Waals surface area contributed by atoms with Crippen molar-refractivity contribution in [1.29, 1.82) is 0 Å². The quantitative estimate of drug-likeness (QED) is 0.476. The third-order valence-corrected chi connectivity index (χ3v) is 5.63. The Bertz CT molecular complexity index is 1320. The van der Waals surface area contributed by atoms with Gasteiger partial charge in [-0.3, -0.25) is 19.1 Å². The Kier molecular flexibility index (Phi) is 5.55. The predicted molar refractivity (Wildman–Crippen MR) is 121 cm³/mol. The molecule has 0 radical (unpaired) electrons. The van der Waals surface area contributed by atoms with Gasteiger partial charge in [0.15, 0.2) is 0 Å². The molecule has 2 aromatic carbocycles. The molecule has 1 aliphatic rings. The van der Waals surface area contributed by atoms with Crippen LogP contribution in [-0.2, 0) is 11.8 Å². The van der Waals surface area contributed by atoms with E-state index < -0.39 is 23.7 Å². The largest absolute Gasteiger partial charge is 0.462 e. The summed E-state index contributed by atoms with van der Waals surface area (Å²) in [5, 5.41) is 6.64. The number of imide groups is 1. The number of benzene rings is 2. The number of aryl methyl sites for hydroxylation is 2. The Morgan fingerprint density at radius 3 is 2.52 bits per heavy atom. The molecule has 168 valence electrons. The molecule has 1 aromatic heterocycles. The fourth-order valence-corrected chi connectivity index (χ4v) is 3.70. The summed E-state index contributed by atoms with van der Waals surface area (Å²) >= 11 is 0. The van der Waals surface area contributed by atoms with E-state index in [2.05, 4.69) is 10.4 Å². The highest BCUT2D eigenvalue weighted by molar-refractivity contribution is 6.35. The summed E-state index contributed by atoms with van der Waals surface area (Å²) in [5.74, 6) is -1.94. The van der Waals surface area contributed by atoms with Crippen LogP contribution in [0, 0.1) is 13.8 Å². The molecule has 0 fully saturated rings. The smallest absolute Gasteiger partial charge is 0.343 e. The number of hydrogen-bond acceptors (Lipinski definition) is 6. The molecule has 4 rings (SSSR count). The lowest BCUT2D eigenvalue weighted by Crippen LogP contribution is -2.30. The summed E-state index contributed by atoms with van der Waals surface area (Å²) < 4.78 is 6.34. The monoisotopic (exact) mass is 446 g/mol. The molecule has 0 atom stereocenters. The number of fused-ring (bicyclic) bond motifs is 1. The van der Waals surface area contributed by atoms with E-state index in [-0.39, 0.29) is 34.7 Å². The number of carbonyl (C=O) groups is 4. The van der Waals surface area contributed by atoms with Crippen LogP contribution >= 0.6 is 0 Å². The average molecular weight is 446 g/mol. The van der Waals surface area contributed by atoms with Gasteiger partial charge in [-0.2, -0.15) is 5.10 Å². The molecular weight excluding hydrogens is 424 g/mol. The third-order valence-electron chi connectivity index (χ3n) is 5.63. The predicted octanol–water partition coefficient (Wildman–Crippen LogP) is 3.27. The van der Waals surface area contributed by atoms with Gasteiger partial charge in [0.25, 0.3) is 17.7 Å². The Labute approximate surface area is 190 Å². The van der Waals surface area contributed by atoms with E-state index in [1.807, 2.05) is 19.9 Å². The number of nitrogens with one attached hydrogen (secondary N) is 1. The Hall–Kier alpha value is -4.27. The van der Waals surface area contributed by atoms with Crippen LogP contribution < -0.4 is 10.2 Å². The number of aromatic nitrogens is 2. The molecule has 1 aliphatic heterocycles. The van der Waals surface area contributed by atoms with Gasteiger partial charge in [-0.05, 0) is 56.2 Å². The standard InChI is InChI=1S/C24H22N4O5/c1-5-33-24(32)18-12-25-27(4)20(18)26-21(29)15-9-10-16-17(11-15)23(31)28(22(16)30)19-8-6-7-13(2)14(19)3/h6-12H,5H2,1-4H3,(H,26,29). The van der Waals surface area contributed by atoms with Crippen molar-refractivity contribution in [3.8, 4) is 0 Å². The lowest BCUT2D eigenvalue weighted by atomic mass is 10.1. The molecule has 9 nitrogen and oxygen atoms in total. The Balaban J connectivity index is 1.64. The van der Waals surface area contributed by atoms with Gasteiger partial charge in [-0.15, -0.1) is 0 Å². The molecule has 33 heavy (non-hydrogen) atoms. The van der Waals surface area contributed by atoms with Crippen LogP contribution in [0.5, 0.6) is 0 Å². The number of carbonyl (C=O) groups excluding carboxylic acids is 4. The zero-order chi connectivity index (χ0) is 23.9. The fourth-order valence-electron chi connectivity index (χ4n) is 3.70. The molecule has 1 N–H and O–H groups in total. The van der Waals surface area contributed by atoms with E-state index in [1.165, 1.54) is 29.1 Å². The number of anilines is 2. The molecule has 9 heteroatoms. The number of amides is 3. The first kappa shape index (κ1) is 21.9. The summed E-state index contributed by atoms with van der Waals surface area (Å²) in [6, 6.07) is 9.72. The highest BCUT2D eigenvalue weighted by atomic mass is 16.5. The van der Waals surface area contributed by atoms with Gasteiger partial charge in [-0.1, -0.05) is 12.1 Å². The van der Waals surface area contributed by atoms with Crippen molar-refractivity contribution < 1.29 is 23.9 Å². The van der Waals surface area contributed by atoms with Crippen LogP contribution in [0.4, 0.5) is 11.5 Å². The minimum absolute atomic E-state index is 0.112. The second-order valence-electron chi connectivity index (χ2n) is 7.63. The molecule has 0 saturated heterocycles. The van der Waals surface area contributed by atoms with Crippen molar-refractivity contribution in [2.45, 2.75) is 20.8 Å². The van der Waals surface area contributed by atoms with Crippen molar-refractivity contribution >= 4 is 35.2 Å². The lowest BCUT2D eigenvalue weighted by molar-refractivity contribution is 0.0527. The summed E-state index contributed by atoms with van der Waals surface area (Å²) in [6.45, 7) is 5.61. The number of ether oxygens (including phenoxy) is 1. The molecular formula is C24H22N4O5. The second kappa shape index (κ2) is 8.34. The summed E-state index contributed by atoms with van der Waals surface area (Å²) in [4.78, 5) is 52.3. The SMILES string of the molecule is CCOC(=O)c1cnn(C)c1NC(=O)c1ccc2c(c1)C(=O)N(c1cccc(C)c1C)C2=O. The van der Waals surface area contributed by atoms with Crippen LogP contribution in [0.3, 0.4) is 0 Å². The zero-order valence-corrected chi connectivity index (χ0v) is 18.6. The van der Waals surface area contributed by atoms with Crippen LogP contribution in [0.2, 0.25) is 0 Å². The van der Waals surface area contributed by atoms with Gasteiger partial charge in [0.05, 0.1) is 29.6 Å². The van der Waals surface area contributed by atoms with E-state index in [0.717, 1.165) is 16.0 Å². The summed E-state index contributed by atoms with van der Waals surface area (Å²) in [5.41, 5.74) is 2.94. The van der Waals surface area contributed by atoms with Crippen LogP contribution in [-0.4, -0.2) is 40.1 Å². The minimum atomic E-state index is -0.611. The number of hydrogen-bond donors (Lipinski definition) is 1. The van der Waals surface area contributed by atoms with E-state index in [4.69, 9.17) is 4.74 Å². The first-order valence-electron chi connectivity index (χ1n) is 10.3. The lowest BCUT2D eigenvalue weighted by Gasteiger charge is -2.17. The molecule has 0 saturated carbocycles. The molecule has 0 unspecified atom stereocenters. The third kappa shape index (κ3) is 3.67. The highest BCUT2D eigenvalue weighted by Crippen LogP contribution is 2.32. The molecule has 2 heterocycles. The maximum Gasteiger partial charge on any atom is 0.343 e. The Morgan fingerprint density at radius 2 is 1.79 bits per heavy atom. The molecule has 0 spiro atoms. The highest BCUT2D eigenvalue weighted by Gasteiger charge is 2.38. The molecule has 0 aliphatic carbocycles. The van der Waals surface area contributed by atoms with Crippen molar-refractivity contribution in [3.63, 3.8) is 0 Å². The normalized spacial score (nSPS) is 12.7. The van der Waals surface area contributed by atoms with Crippen LogP contribution in [0.15, 0.2) is 42.6 Å². The van der Waals surface area contributed by atoms with E-state index in [9.17, 15) is 19.2 Å². The van der Waals surface area contributed by atoms with E-state index in [1.54, 1.807) is 26.1 Å². The van der Waals surface area contributed by atoms with Gasteiger partial charge in [-0.25, -0.2) is 9.69 Å². The van der Waals surface area contributed by atoms with E-state index in [0.29, 0.717) is 5.69 Å². The number of nitrogens with zero attached hydrogens (tertiary/aromatic N) is 3. The number of rotatable bonds is 5. The van der Waals surface area contributed by atoms with Gasteiger partial charge in [0, 0.05) is 12.6 Å². The molecule has 3 aromatic rings. The number of esters is 1. The second-order valence-corrected chi connectivity index (χ2v) is 7.63. The first-order valence-corrected chi connectivity index (χ1v) is 10.3. The van der Waals surface area contributed by atoms with Gasteiger partial charge in [0.1, 0.15) is 11.4 Å². The first-order chi connectivity index (χ1) is 15.7. The average Bonchev–Trinajstić information content (AvgIpc) is 3.27. The van der Waals surface area contributed by atoms with Crippen molar-refractivity contribution in [1.82, 2.24) is 9.78 Å². The Morgan fingerprint density at radius 1 is 1.06 bits per heavy atom. The topological polar surface area (TPSA) is 111 Å². The van der Waals surface area contributed by atoms with Crippen molar-refractivity contribution in [3.05, 3.63) is 76.0 Å². The van der Waals surface area contributed by atoms with E-state index >= 15 is 0 Å². The van der Waals surface area contributed by atoms with Crippen molar-refractivity contribution in [2.24, 2.45) is 7.05 Å². The maximum absolute atomic E-state index is 13.1. The van der Waals surface area contributed by atoms with Crippen molar-refractivity contribution in [2.75, 3.05) is 16.8 Å². The van der Waals surface area contributed by atoms with Crippen LogP contribution in [0.1, 0.15) is 59.5 Å². The molecule has 0 bridgehead atoms.